The molecule has 0 rings (SSSR count). The van der Waals surface area contributed by atoms with Crippen LogP contribution in [-0.4, -0.2) is 37.2 Å². The van der Waals surface area contributed by atoms with Gasteiger partial charge in [0.2, 0.25) is 0 Å². The Morgan fingerprint density at radius 2 is 0.450 bits per heavy atom. The van der Waals surface area contributed by atoms with Gasteiger partial charge in [-0.3, -0.25) is 14.4 Å². The fourth-order valence-corrected chi connectivity index (χ4v) is 11.2. The molecule has 0 aromatic carbocycles. The number of esters is 3. The largest absolute Gasteiger partial charge is 0.462 e. The monoisotopic (exact) mass is 1130 g/mol. The van der Waals surface area contributed by atoms with Crippen LogP contribution in [0.25, 0.3) is 0 Å². The van der Waals surface area contributed by atoms with Crippen molar-refractivity contribution in [1.29, 1.82) is 0 Å². The van der Waals surface area contributed by atoms with Crippen molar-refractivity contribution in [2.75, 3.05) is 13.2 Å². The summed E-state index contributed by atoms with van der Waals surface area (Å²) in [5.41, 5.74) is 0. The number of unbranched alkanes of at least 4 members (excludes halogenated alkanes) is 53. The van der Waals surface area contributed by atoms with Gasteiger partial charge >= 0.3 is 17.9 Å². The molecule has 0 aliphatic carbocycles. The number of carbonyl (C=O) groups is 3. The van der Waals surface area contributed by atoms with E-state index in [-0.39, 0.29) is 31.1 Å². The van der Waals surface area contributed by atoms with Crippen molar-refractivity contribution in [3.8, 4) is 0 Å². The van der Waals surface area contributed by atoms with Gasteiger partial charge in [0, 0.05) is 19.3 Å². The number of allylic oxidation sites excluding steroid dienone is 4. The summed E-state index contributed by atoms with van der Waals surface area (Å²) in [6.45, 7) is 6.72. The second-order valence-electron chi connectivity index (χ2n) is 24.9. The number of hydrogen-bond acceptors (Lipinski definition) is 6. The standard InChI is InChI=1S/C74H140O6/c1-4-7-10-13-16-19-22-25-28-30-32-34-35-36-37-38-39-41-42-44-46-49-52-55-58-61-64-67-73(76)79-70-71(69-78-72(75)66-63-60-57-54-51-48-27-24-21-18-15-12-9-6-3)80-74(77)68-65-62-59-56-53-50-47-45-43-40-33-31-29-26-23-20-17-14-11-8-5-2/h22,25,30,32,71H,4-21,23-24,26-29,31,33-70H2,1-3H3/b25-22-,32-30-. The average Bonchev–Trinajstić information content (AvgIpc) is 3.46. The van der Waals surface area contributed by atoms with Crippen molar-refractivity contribution >= 4 is 17.9 Å². The molecule has 0 spiro atoms. The van der Waals surface area contributed by atoms with Gasteiger partial charge < -0.3 is 14.2 Å². The van der Waals surface area contributed by atoms with Gasteiger partial charge in [0.05, 0.1) is 0 Å². The second kappa shape index (κ2) is 69.4. The van der Waals surface area contributed by atoms with Crippen molar-refractivity contribution in [3.63, 3.8) is 0 Å². The lowest BCUT2D eigenvalue weighted by atomic mass is 10.0. The van der Waals surface area contributed by atoms with E-state index in [0.29, 0.717) is 19.3 Å². The molecule has 0 amide bonds. The Balaban J connectivity index is 4.21. The fraction of sp³-hybridized carbons (Fsp3) is 0.905. The van der Waals surface area contributed by atoms with Gasteiger partial charge in [0.1, 0.15) is 13.2 Å². The Hall–Kier alpha value is -2.11. The molecule has 0 saturated carbocycles. The quantitative estimate of drug-likeness (QED) is 0.0261. The maximum absolute atomic E-state index is 13.0. The number of hydrogen-bond donors (Lipinski definition) is 0. The molecule has 0 fully saturated rings. The van der Waals surface area contributed by atoms with Crippen LogP contribution >= 0.6 is 0 Å². The third-order valence-corrected chi connectivity index (χ3v) is 16.7. The first kappa shape index (κ1) is 77.9. The molecular weight excluding hydrogens is 985 g/mol. The molecule has 0 bridgehead atoms. The lowest BCUT2D eigenvalue weighted by molar-refractivity contribution is -0.167. The SMILES string of the molecule is CCCCCCC/C=C\C/C=C\CCCCCCCCCCCCCCCCCC(=O)OCC(COC(=O)CCCCCCCCCCCCCCCC)OC(=O)CCCCCCCCCCCCCCCCCCCCCCC. The van der Waals surface area contributed by atoms with Gasteiger partial charge in [0.15, 0.2) is 6.10 Å². The first-order valence-electron chi connectivity index (χ1n) is 36.3. The molecule has 0 saturated heterocycles. The van der Waals surface area contributed by atoms with E-state index >= 15 is 0 Å². The molecule has 0 heterocycles. The van der Waals surface area contributed by atoms with Crippen LogP contribution in [0.15, 0.2) is 24.3 Å². The average molecular weight is 1130 g/mol. The Morgan fingerprint density at radius 1 is 0.250 bits per heavy atom. The van der Waals surface area contributed by atoms with Crippen LogP contribution in [0.2, 0.25) is 0 Å². The molecule has 1 unspecified atom stereocenters. The summed E-state index contributed by atoms with van der Waals surface area (Å²) in [5.74, 6) is -0.827. The third-order valence-electron chi connectivity index (χ3n) is 16.7. The summed E-state index contributed by atoms with van der Waals surface area (Å²) in [4.78, 5) is 38.5. The molecule has 6 nitrogen and oxygen atoms in total. The first-order valence-corrected chi connectivity index (χ1v) is 36.3. The van der Waals surface area contributed by atoms with Crippen molar-refractivity contribution < 1.29 is 28.6 Å². The second-order valence-corrected chi connectivity index (χ2v) is 24.9. The summed E-state index contributed by atoms with van der Waals surface area (Å²) in [7, 11) is 0. The third kappa shape index (κ3) is 66.7. The molecule has 472 valence electrons. The van der Waals surface area contributed by atoms with Gasteiger partial charge in [-0.05, 0) is 51.4 Å². The summed E-state index contributed by atoms with van der Waals surface area (Å²) >= 11 is 0. The molecule has 0 aromatic rings. The van der Waals surface area contributed by atoms with E-state index in [1.807, 2.05) is 0 Å². The van der Waals surface area contributed by atoms with Crippen LogP contribution in [0.3, 0.4) is 0 Å². The molecular formula is C74H140O6. The zero-order valence-electron chi connectivity index (χ0n) is 54.4. The highest BCUT2D eigenvalue weighted by molar-refractivity contribution is 5.71. The van der Waals surface area contributed by atoms with E-state index in [0.717, 1.165) is 64.2 Å². The van der Waals surface area contributed by atoms with Crippen LogP contribution in [0.5, 0.6) is 0 Å². The summed E-state index contributed by atoms with van der Waals surface area (Å²) < 4.78 is 17.0. The first-order chi connectivity index (χ1) is 39.5. The maximum atomic E-state index is 13.0. The van der Waals surface area contributed by atoms with Crippen LogP contribution in [0.1, 0.15) is 412 Å². The van der Waals surface area contributed by atoms with Crippen LogP contribution in [-0.2, 0) is 28.6 Å². The molecule has 0 radical (unpaired) electrons. The van der Waals surface area contributed by atoms with Gasteiger partial charge in [-0.25, -0.2) is 0 Å². The zero-order chi connectivity index (χ0) is 57.8. The van der Waals surface area contributed by atoms with E-state index in [4.69, 9.17) is 14.2 Å². The van der Waals surface area contributed by atoms with Crippen molar-refractivity contribution in [2.24, 2.45) is 0 Å². The Morgan fingerprint density at radius 3 is 0.688 bits per heavy atom. The van der Waals surface area contributed by atoms with E-state index < -0.39 is 6.10 Å². The minimum atomic E-state index is -0.767. The summed E-state index contributed by atoms with van der Waals surface area (Å²) in [6.07, 6.45) is 85.0. The van der Waals surface area contributed by atoms with Crippen molar-refractivity contribution in [3.05, 3.63) is 24.3 Å². The topological polar surface area (TPSA) is 78.9 Å². The van der Waals surface area contributed by atoms with E-state index in [1.54, 1.807) is 0 Å². The van der Waals surface area contributed by atoms with E-state index in [2.05, 4.69) is 45.1 Å². The smallest absolute Gasteiger partial charge is 0.306 e. The molecule has 0 aromatic heterocycles. The van der Waals surface area contributed by atoms with E-state index in [1.165, 1.54) is 308 Å². The molecule has 0 N–H and O–H groups in total. The Kier molecular flexibility index (Phi) is 67.6. The maximum Gasteiger partial charge on any atom is 0.306 e. The van der Waals surface area contributed by atoms with Crippen molar-refractivity contribution in [2.45, 2.75) is 419 Å². The van der Waals surface area contributed by atoms with Gasteiger partial charge in [-0.1, -0.05) is 366 Å². The highest BCUT2D eigenvalue weighted by Crippen LogP contribution is 2.19. The number of rotatable bonds is 68. The lowest BCUT2D eigenvalue weighted by Crippen LogP contribution is -2.30. The highest BCUT2D eigenvalue weighted by atomic mass is 16.6. The lowest BCUT2D eigenvalue weighted by Gasteiger charge is -2.18. The molecule has 0 aliphatic rings. The van der Waals surface area contributed by atoms with Crippen LogP contribution in [0, 0.1) is 0 Å². The molecule has 1 atom stereocenters. The van der Waals surface area contributed by atoms with Gasteiger partial charge in [-0.15, -0.1) is 0 Å². The molecule has 0 aliphatic heterocycles. The van der Waals surface area contributed by atoms with Gasteiger partial charge in [-0.2, -0.15) is 0 Å². The van der Waals surface area contributed by atoms with Crippen LogP contribution < -0.4 is 0 Å². The minimum Gasteiger partial charge on any atom is -0.462 e. The predicted molar refractivity (Wildman–Crippen MR) is 349 cm³/mol. The Labute approximate surface area is 500 Å². The molecule has 80 heavy (non-hydrogen) atoms. The number of carbonyl (C=O) groups excluding carboxylic acids is 3. The summed E-state index contributed by atoms with van der Waals surface area (Å²) in [6, 6.07) is 0. The van der Waals surface area contributed by atoms with Crippen molar-refractivity contribution in [1.82, 2.24) is 0 Å². The predicted octanol–water partition coefficient (Wildman–Crippen LogP) is 25.0. The normalized spacial score (nSPS) is 12.1. The van der Waals surface area contributed by atoms with E-state index in [9.17, 15) is 14.4 Å². The summed E-state index contributed by atoms with van der Waals surface area (Å²) in [5, 5.41) is 0. The Bertz CT molecular complexity index is 1290. The fourth-order valence-electron chi connectivity index (χ4n) is 11.2. The van der Waals surface area contributed by atoms with Crippen LogP contribution in [0.4, 0.5) is 0 Å². The highest BCUT2D eigenvalue weighted by Gasteiger charge is 2.19. The zero-order valence-corrected chi connectivity index (χ0v) is 54.4. The van der Waals surface area contributed by atoms with Gasteiger partial charge in [0.25, 0.3) is 0 Å². The minimum absolute atomic E-state index is 0.0634. The number of ether oxygens (including phenoxy) is 3. The molecule has 6 heteroatoms.